The number of likely N-dealkylation sites (tertiary alicyclic amines) is 1. The molecule has 0 bridgehead atoms. The molecule has 1 saturated heterocycles. The Kier molecular flexibility index (Phi) is 5.99. The van der Waals surface area contributed by atoms with Crippen LogP contribution in [0.15, 0.2) is 48.5 Å². The molecule has 0 saturated carbocycles. The smallest absolute Gasteiger partial charge is 0.416 e. The van der Waals surface area contributed by atoms with Gasteiger partial charge in [0.2, 0.25) is 0 Å². The van der Waals surface area contributed by atoms with Crippen molar-refractivity contribution in [2.75, 3.05) is 25.0 Å². The third-order valence-electron chi connectivity index (χ3n) is 5.88. The largest absolute Gasteiger partial charge is 0.450 e. The maximum atomic E-state index is 13.2. The lowest BCUT2D eigenvalue weighted by Crippen LogP contribution is -2.49. The van der Waals surface area contributed by atoms with Gasteiger partial charge in [-0.15, -0.1) is 0 Å². The summed E-state index contributed by atoms with van der Waals surface area (Å²) in [4.78, 5) is 28.6. The second-order valence-electron chi connectivity index (χ2n) is 7.84. The molecule has 9 heteroatoms. The van der Waals surface area contributed by atoms with Crippen LogP contribution >= 0.6 is 0 Å². The zero-order valence-corrected chi connectivity index (χ0v) is 17.6. The Hall–Kier alpha value is -3.23. The zero-order chi connectivity index (χ0) is 22.9. The highest BCUT2D eigenvalue weighted by Gasteiger charge is 2.42. The summed E-state index contributed by atoms with van der Waals surface area (Å²) in [6.45, 7) is 2.93. The molecule has 1 fully saturated rings. The van der Waals surface area contributed by atoms with Crippen LogP contribution in [0.1, 0.15) is 47.4 Å². The van der Waals surface area contributed by atoms with Gasteiger partial charge in [-0.05, 0) is 44.0 Å². The number of hydrogen-bond acceptors (Lipinski definition) is 4. The van der Waals surface area contributed by atoms with E-state index in [1.54, 1.807) is 41.0 Å². The van der Waals surface area contributed by atoms with E-state index in [0.717, 1.165) is 17.7 Å². The molecule has 2 aliphatic heterocycles. The molecular weight excluding hydrogens is 423 g/mol. The van der Waals surface area contributed by atoms with Crippen LogP contribution in [0.25, 0.3) is 0 Å². The van der Waals surface area contributed by atoms with E-state index in [-0.39, 0.29) is 23.7 Å². The number of anilines is 1. The van der Waals surface area contributed by atoms with Gasteiger partial charge >= 0.3 is 12.3 Å². The average Bonchev–Trinajstić information content (AvgIpc) is 3.05. The van der Waals surface area contributed by atoms with E-state index in [1.807, 2.05) is 6.07 Å². The first-order valence-electron chi connectivity index (χ1n) is 10.6. The number of carbonyl (C=O) groups excluding carboxylic acids is 2. The number of nitrogens with one attached hydrogen (secondary N) is 1. The van der Waals surface area contributed by atoms with Gasteiger partial charge in [0.1, 0.15) is 6.17 Å². The number of hydrogen-bond donors (Lipinski definition) is 1. The van der Waals surface area contributed by atoms with Gasteiger partial charge in [0.05, 0.1) is 12.2 Å². The number of halogens is 3. The fourth-order valence-electron chi connectivity index (χ4n) is 4.34. The van der Waals surface area contributed by atoms with Crippen LogP contribution in [-0.2, 0) is 10.9 Å². The third-order valence-corrected chi connectivity index (χ3v) is 5.88. The van der Waals surface area contributed by atoms with Crippen molar-refractivity contribution < 1.29 is 27.5 Å². The molecule has 2 aromatic carbocycles. The van der Waals surface area contributed by atoms with Crippen LogP contribution < -0.4 is 5.32 Å². The fourth-order valence-corrected chi connectivity index (χ4v) is 4.34. The summed E-state index contributed by atoms with van der Waals surface area (Å²) in [6, 6.07) is 11.9. The number of alkyl halides is 3. The Bertz CT molecular complexity index is 1000. The number of benzene rings is 2. The Labute approximate surface area is 183 Å². The summed E-state index contributed by atoms with van der Waals surface area (Å²) >= 11 is 0. The minimum absolute atomic E-state index is 0.163. The second-order valence-corrected chi connectivity index (χ2v) is 7.84. The van der Waals surface area contributed by atoms with Gasteiger partial charge in [-0.2, -0.15) is 13.2 Å². The topological polar surface area (TPSA) is 61.9 Å². The van der Waals surface area contributed by atoms with E-state index in [1.165, 1.54) is 6.07 Å². The average molecular weight is 447 g/mol. The van der Waals surface area contributed by atoms with Crippen molar-refractivity contribution in [2.45, 2.75) is 38.1 Å². The van der Waals surface area contributed by atoms with Gasteiger partial charge in [0.15, 0.2) is 0 Å². The Morgan fingerprint density at radius 3 is 2.53 bits per heavy atom. The summed E-state index contributed by atoms with van der Waals surface area (Å²) in [7, 11) is 0. The molecule has 1 N–H and O–H groups in total. The van der Waals surface area contributed by atoms with Crippen LogP contribution in [0, 0.1) is 0 Å². The van der Waals surface area contributed by atoms with Crippen LogP contribution in [0.4, 0.5) is 23.7 Å². The molecule has 32 heavy (non-hydrogen) atoms. The molecular formula is C23H24F3N3O3. The number of piperidine rings is 1. The molecule has 170 valence electrons. The number of rotatable bonds is 4. The first-order valence-corrected chi connectivity index (χ1v) is 10.6. The number of nitrogens with zero attached hydrogens (tertiary/aromatic N) is 2. The molecule has 1 atom stereocenters. The molecule has 0 radical (unpaired) electrons. The van der Waals surface area contributed by atoms with Crippen molar-refractivity contribution in [3.63, 3.8) is 0 Å². The van der Waals surface area contributed by atoms with Gasteiger partial charge in [-0.1, -0.05) is 24.3 Å². The SMILES string of the molecule is CCOC(=O)N1CCC(N2C(=O)c3ccccc3C2Nc2cccc(C(F)(F)F)c2)CC1. The maximum Gasteiger partial charge on any atom is 0.416 e. The van der Waals surface area contributed by atoms with Crippen molar-refractivity contribution in [1.82, 2.24) is 9.80 Å². The fraction of sp³-hybridized carbons (Fsp3) is 0.391. The monoisotopic (exact) mass is 447 g/mol. The van der Waals surface area contributed by atoms with Crippen LogP contribution in [0.2, 0.25) is 0 Å². The normalized spacial score (nSPS) is 19.1. The molecule has 0 spiro atoms. The van der Waals surface area contributed by atoms with Crippen LogP contribution in [0.3, 0.4) is 0 Å². The number of amides is 2. The first-order chi connectivity index (χ1) is 15.3. The highest BCUT2D eigenvalue weighted by Crippen LogP contribution is 2.39. The van der Waals surface area contributed by atoms with E-state index in [4.69, 9.17) is 4.74 Å². The summed E-state index contributed by atoms with van der Waals surface area (Å²) in [5.41, 5.74) is 0.783. The molecule has 2 heterocycles. The molecule has 0 aromatic heterocycles. The number of fused-ring (bicyclic) bond motifs is 1. The van der Waals surface area contributed by atoms with Crippen molar-refractivity contribution in [1.29, 1.82) is 0 Å². The lowest BCUT2D eigenvalue weighted by atomic mass is 10.0. The lowest BCUT2D eigenvalue weighted by Gasteiger charge is -2.39. The molecule has 1 unspecified atom stereocenters. The van der Waals surface area contributed by atoms with Crippen molar-refractivity contribution >= 4 is 17.7 Å². The molecule has 6 nitrogen and oxygen atoms in total. The summed E-state index contributed by atoms with van der Waals surface area (Å²) in [5, 5.41) is 3.14. The molecule has 0 aliphatic carbocycles. The van der Waals surface area contributed by atoms with Gasteiger partial charge in [0.25, 0.3) is 5.91 Å². The summed E-state index contributed by atoms with van der Waals surface area (Å²) < 4.78 is 44.6. The zero-order valence-electron chi connectivity index (χ0n) is 17.6. The van der Waals surface area contributed by atoms with E-state index in [9.17, 15) is 22.8 Å². The van der Waals surface area contributed by atoms with E-state index < -0.39 is 17.9 Å². The molecule has 2 aromatic rings. The minimum atomic E-state index is -4.46. The van der Waals surface area contributed by atoms with Crippen LogP contribution in [0.5, 0.6) is 0 Å². The summed E-state index contributed by atoms with van der Waals surface area (Å²) in [6.07, 6.45) is -4.32. The van der Waals surface area contributed by atoms with Gasteiger partial charge < -0.3 is 19.9 Å². The molecule has 2 aliphatic rings. The molecule has 4 rings (SSSR count). The van der Waals surface area contributed by atoms with Crippen molar-refractivity contribution in [3.8, 4) is 0 Å². The van der Waals surface area contributed by atoms with Gasteiger partial charge in [-0.25, -0.2) is 4.79 Å². The van der Waals surface area contributed by atoms with Crippen molar-refractivity contribution in [2.24, 2.45) is 0 Å². The van der Waals surface area contributed by atoms with Gasteiger partial charge in [-0.3, -0.25) is 4.79 Å². The number of carbonyl (C=O) groups is 2. The number of ether oxygens (including phenoxy) is 1. The maximum absolute atomic E-state index is 13.2. The highest BCUT2D eigenvalue weighted by molar-refractivity contribution is 5.99. The standard InChI is InChI=1S/C23H24F3N3O3/c1-2-32-22(31)28-12-10-17(11-13-28)29-20(18-8-3-4-9-19(18)21(29)30)27-16-7-5-6-15(14-16)23(24,25)26/h3-9,14,17,20,27H,2,10-13H2,1H3. The van der Waals surface area contributed by atoms with E-state index in [2.05, 4.69) is 5.32 Å². The predicted octanol–water partition coefficient (Wildman–Crippen LogP) is 4.89. The first kappa shape index (κ1) is 22.0. The van der Waals surface area contributed by atoms with Gasteiger partial charge in [0, 0.05) is 35.9 Å². The Balaban J connectivity index is 1.58. The Morgan fingerprint density at radius 2 is 1.84 bits per heavy atom. The molecule has 2 amide bonds. The summed E-state index contributed by atoms with van der Waals surface area (Å²) in [5.74, 6) is -0.167. The van der Waals surface area contributed by atoms with Crippen molar-refractivity contribution in [3.05, 3.63) is 65.2 Å². The second kappa shape index (κ2) is 8.72. The quantitative estimate of drug-likeness (QED) is 0.725. The lowest BCUT2D eigenvalue weighted by molar-refractivity contribution is -0.137. The highest BCUT2D eigenvalue weighted by atomic mass is 19.4. The third kappa shape index (κ3) is 4.24. The van der Waals surface area contributed by atoms with Crippen LogP contribution in [-0.4, -0.2) is 47.5 Å². The Morgan fingerprint density at radius 1 is 1.12 bits per heavy atom. The van der Waals surface area contributed by atoms with E-state index >= 15 is 0 Å². The predicted molar refractivity (Wildman–Crippen MR) is 112 cm³/mol. The van der Waals surface area contributed by atoms with E-state index in [0.29, 0.717) is 38.1 Å². The minimum Gasteiger partial charge on any atom is -0.450 e.